The molecule has 0 radical (unpaired) electrons. The number of nitrogens with zero attached hydrogens (tertiary/aromatic N) is 6. The van der Waals surface area contributed by atoms with Gasteiger partial charge in [-0.2, -0.15) is 18.9 Å². The van der Waals surface area contributed by atoms with Crippen molar-refractivity contribution in [1.82, 2.24) is 23.9 Å². The first-order valence-electron chi connectivity index (χ1n) is 12.2. The average Bonchev–Trinajstić information content (AvgIpc) is 3.32. The molecule has 1 saturated heterocycles. The van der Waals surface area contributed by atoms with Crippen LogP contribution in [-0.4, -0.2) is 58.5 Å². The monoisotopic (exact) mass is 504 g/mol. The average molecular weight is 505 g/mol. The van der Waals surface area contributed by atoms with Crippen molar-refractivity contribution in [3.63, 3.8) is 0 Å². The Bertz CT molecular complexity index is 1510. The van der Waals surface area contributed by atoms with Crippen molar-refractivity contribution in [2.45, 2.75) is 45.9 Å². The number of aromatic nitrogens is 4. The highest BCUT2D eigenvalue weighted by molar-refractivity contribution is 7.89. The molecule has 0 amide bonds. The zero-order valence-corrected chi connectivity index (χ0v) is 22.3. The van der Waals surface area contributed by atoms with Gasteiger partial charge in [0, 0.05) is 43.9 Å². The maximum absolute atomic E-state index is 13.8. The lowest BCUT2D eigenvalue weighted by atomic mass is 10.0. The van der Waals surface area contributed by atoms with E-state index in [-0.39, 0.29) is 0 Å². The molecule has 1 aliphatic rings. The fourth-order valence-electron chi connectivity index (χ4n) is 5.14. The van der Waals surface area contributed by atoms with E-state index >= 15 is 0 Å². The number of sulfonamides is 1. The summed E-state index contributed by atoms with van der Waals surface area (Å²) in [7, 11) is -3.61. The molecule has 1 fully saturated rings. The third kappa shape index (κ3) is 4.16. The fourth-order valence-corrected chi connectivity index (χ4v) is 7.13. The molecule has 0 atom stereocenters. The second-order valence-corrected chi connectivity index (χ2v) is 11.5. The molecule has 5 rings (SSSR count). The van der Waals surface area contributed by atoms with Crippen LogP contribution < -0.4 is 4.90 Å². The summed E-state index contributed by atoms with van der Waals surface area (Å²) in [5.74, 6) is 1.49. The minimum absolute atomic E-state index is 0.399. The van der Waals surface area contributed by atoms with Gasteiger partial charge in [0.2, 0.25) is 10.0 Å². The highest BCUT2D eigenvalue weighted by Crippen LogP contribution is 2.31. The summed E-state index contributed by atoms with van der Waals surface area (Å²) >= 11 is 0. The van der Waals surface area contributed by atoms with E-state index in [2.05, 4.69) is 38.2 Å². The molecule has 8 nitrogen and oxygen atoms in total. The number of hydrogen-bond acceptors (Lipinski definition) is 6. The van der Waals surface area contributed by atoms with Crippen LogP contribution in [0.5, 0.6) is 0 Å². The van der Waals surface area contributed by atoms with Crippen molar-refractivity contribution in [2.24, 2.45) is 0 Å². The lowest BCUT2D eigenvalue weighted by Crippen LogP contribution is -2.49. The zero-order valence-electron chi connectivity index (χ0n) is 21.5. The molecule has 2 aromatic carbocycles. The topological polar surface area (TPSA) is 83.7 Å². The quantitative estimate of drug-likeness (QED) is 0.411. The SMILES string of the molecule is Cc1cc(C)c(C)c(S(=O)(=O)N2CCN(c3c(Cc4ccccc4)c(C)nc4ncnn34)CC2)c1C. The smallest absolute Gasteiger partial charge is 0.254 e. The molecule has 0 unspecified atom stereocenters. The van der Waals surface area contributed by atoms with Crippen molar-refractivity contribution >= 4 is 21.6 Å². The molecule has 1 aliphatic heterocycles. The summed E-state index contributed by atoms with van der Waals surface area (Å²) in [6.07, 6.45) is 2.23. The Morgan fingerprint density at radius 3 is 2.17 bits per heavy atom. The van der Waals surface area contributed by atoms with Crippen LogP contribution in [0.2, 0.25) is 0 Å². The van der Waals surface area contributed by atoms with Crippen LogP contribution in [0.25, 0.3) is 5.78 Å². The minimum atomic E-state index is -3.61. The molecule has 2 aromatic heterocycles. The Morgan fingerprint density at radius 1 is 0.889 bits per heavy atom. The molecule has 9 heteroatoms. The number of benzene rings is 2. The Labute approximate surface area is 212 Å². The van der Waals surface area contributed by atoms with Crippen molar-refractivity contribution < 1.29 is 8.42 Å². The van der Waals surface area contributed by atoms with E-state index < -0.39 is 10.0 Å². The van der Waals surface area contributed by atoms with Crippen LogP contribution in [0.1, 0.15) is 39.1 Å². The van der Waals surface area contributed by atoms with E-state index in [1.54, 1.807) is 8.82 Å². The van der Waals surface area contributed by atoms with Gasteiger partial charge in [-0.15, -0.1) is 0 Å². The number of hydrogen-bond donors (Lipinski definition) is 0. The second kappa shape index (κ2) is 9.29. The van der Waals surface area contributed by atoms with Gasteiger partial charge in [-0.3, -0.25) is 0 Å². The largest absolute Gasteiger partial charge is 0.354 e. The normalized spacial score (nSPS) is 15.1. The number of aryl methyl sites for hydroxylation is 3. The van der Waals surface area contributed by atoms with E-state index in [4.69, 9.17) is 0 Å². The van der Waals surface area contributed by atoms with Gasteiger partial charge in [0.15, 0.2) is 0 Å². The molecule has 0 aliphatic carbocycles. The van der Waals surface area contributed by atoms with Gasteiger partial charge in [0.1, 0.15) is 12.1 Å². The Hall–Kier alpha value is -3.30. The fraction of sp³-hybridized carbons (Fsp3) is 0.370. The highest BCUT2D eigenvalue weighted by atomic mass is 32.2. The molecule has 3 heterocycles. The van der Waals surface area contributed by atoms with Crippen LogP contribution in [-0.2, 0) is 16.4 Å². The molecular formula is C27H32N6O2S. The van der Waals surface area contributed by atoms with Gasteiger partial charge >= 0.3 is 0 Å². The Kier molecular flexibility index (Phi) is 6.30. The summed E-state index contributed by atoms with van der Waals surface area (Å²) in [5.41, 5.74) is 6.84. The van der Waals surface area contributed by atoms with E-state index in [1.165, 1.54) is 11.9 Å². The summed E-state index contributed by atoms with van der Waals surface area (Å²) < 4.78 is 31.0. The van der Waals surface area contributed by atoms with E-state index in [9.17, 15) is 8.42 Å². The van der Waals surface area contributed by atoms with Crippen LogP contribution >= 0.6 is 0 Å². The standard InChI is InChI=1S/C27H32N6O2S/c1-18-15-19(2)21(4)25(20(18)3)36(34,35)32-13-11-31(12-14-32)26-24(16-23-9-7-6-8-10-23)22(5)30-27-28-17-29-33(26)27/h6-10,15,17H,11-14,16H2,1-5H3. The summed E-state index contributed by atoms with van der Waals surface area (Å²) in [4.78, 5) is 11.7. The first kappa shape index (κ1) is 24.4. The molecule has 0 bridgehead atoms. The molecule has 36 heavy (non-hydrogen) atoms. The van der Waals surface area contributed by atoms with Gasteiger partial charge in [-0.25, -0.2) is 13.4 Å². The van der Waals surface area contributed by atoms with Gasteiger partial charge in [0.25, 0.3) is 5.78 Å². The summed E-state index contributed by atoms with van der Waals surface area (Å²) in [6, 6.07) is 12.3. The number of piperazine rings is 1. The summed E-state index contributed by atoms with van der Waals surface area (Å²) in [6.45, 7) is 11.7. The van der Waals surface area contributed by atoms with E-state index in [0.29, 0.717) is 43.3 Å². The van der Waals surface area contributed by atoms with Crippen molar-refractivity contribution in [2.75, 3.05) is 31.1 Å². The van der Waals surface area contributed by atoms with Gasteiger partial charge in [0.05, 0.1) is 4.90 Å². The first-order valence-corrected chi connectivity index (χ1v) is 13.7. The third-order valence-corrected chi connectivity index (χ3v) is 9.53. The number of rotatable bonds is 5. The lowest BCUT2D eigenvalue weighted by molar-refractivity contribution is 0.382. The van der Waals surface area contributed by atoms with E-state index in [0.717, 1.165) is 39.3 Å². The molecule has 188 valence electrons. The molecule has 0 N–H and O–H groups in total. The van der Waals surface area contributed by atoms with Gasteiger partial charge in [-0.05, 0) is 62.4 Å². The summed E-state index contributed by atoms with van der Waals surface area (Å²) in [5, 5.41) is 4.46. The lowest BCUT2D eigenvalue weighted by Gasteiger charge is -2.37. The zero-order chi connectivity index (χ0) is 25.6. The number of anilines is 1. The van der Waals surface area contributed by atoms with Crippen molar-refractivity contribution in [3.8, 4) is 0 Å². The van der Waals surface area contributed by atoms with Crippen LogP contribution in [0, 0.1) is 34.6 Å². The van der Waals surface area contributed by atoms with E-state index in [1.807, 2.05) is 52.8 Å². The second-order valence-electron chi connectivity index (χ2n) is 9.61. The Balaban J connectivity index is 1.48. The predicted molar refractivity (Wildman–Crippen MR) is 141 cm³/mol. The van der Waals surface area contributed by atoms with Crippen LogP contribution in [0.15, 0.2) is 47.6 Å². The molecule has 4 aromatic rings. The molecular weight excluding hydrogens is 472 g/mol. The minimum Gasteiger partial charge on any atom is -0.354 e. The predicted octanol–water partition coefficient (Wildman–Crippen LogP) is 3.77. The maximum Gasteiger partial charge on any atom is 0.254 e. The van der Waals surface area contributed by atoms with Gasteiger partial charge < -0.3 is 4.90 Å². The maximum atomic E-state index is 13.8. The molecule has 0 spiro atoms. The number of fused-ring (bicyclic) bond motifs is 1. The van der Waals surface area contributed by atoms with Crippen molar-refractivity contribution in [1.29, 1.82) is 0 Å². The molecule has 0 saturated carbocycles. The highest BCUT2D eigenvalue weighted by Gasteiger charge is 2.33. The first-order chi connectivity index (χ1) is 17.2. The third-order valence-electron chi connectivity index (χ3n) is 7.36. The van der Waals surface area contributed by atoms with Crippen molar-refractivity contribution in [3.05, 3.63) is 81.8 Å². The van der Waals surface area contributed by atoms with Gasteiger partial charge in [-0.1, -0.05) is 36.4 Å². The Morgan fingerprint density at radius 2 is 1.53 bits per heavy atom. The van der Waals surface area contributed by atoms with Crippen LogP contribution in [0.4, 0.5) is 5.82 Å². The van der Waals surface area contributed by atoms with Crippen LogP contribution in [0.3, 0.4) is 0 Å².